The number of anilines is 1. The van der Waals surface area contributed by atoms with E-state index < -0.39 is 11.7 Å². The molecule has 3 aromatic rings. The van der Waals surface area contributed by atoms with Crippen LogP contribution in [0.3, 0.4) is 0 Å². The van der Waals surface area contributed by atoms with Crippen LogP contribution >= 0.6 is 11.8 Å². The quantitative estimate of drug-likeness (QED) is 0.709. The minimum absolute atomic E-state index is 0.258. The summed E-state index contributed by atoms with van der Waals surface area (Å²) >= 11 is 1.17. The average molecular weight is 394 g/mol. The summed E-state index contributed by atoms with van der Waals surface area (Å²) in [4.78, 5) is 33.7. The molecule has 2 N–H and O–H groups in total. The number of hydrogen-bond acceptors (Lipinski definition) is 5. The predicted molar refractivity (Wildman–Crippen MR) is 103 cm³/mol. The maximum atomic E-state index is 14.1. The van der Waals surface area contributed by atoms with Gasteiger partial charge < -0.3 is 10.6 Å². The molecule has 0 saturated heterocycles. The lowest BCUT2D eigenvalue weighted by Gasteiger charge is -2.10. The largest absolute Gasteiger partial charge is 0.352 e. The van der Waals surface area contributed by atoms with E-state index >= 15 is 0 Å². The summed E-state index contributed by atoms with van der Waals surface area (Å²) in [6, 6.07) is 9.37. The number of nitrogens with one attached hydrogen (secondary N) is 2. The van der Waals surface area contributed by atoms with E-state index in [4.69, 9.17) is 0 Å². The Morgan fingerprint density at radius 3 is 2.82 bits per heavy atom. The summed E-state index contributed by atoms with van der Waals surface area (Å²) in [5, 5.41) is 5.59. The van der Waals surface area contributed by atoms with E-state index in [2.05, 4.69) is 20.6 Å². The molecule has 6 nitrogen and oxygen atoms in total. The molecule has 0 saturated carbocycles. The number of carbonyl (C=O) groups is 2. The molecule has 0 atom stereocenters. The number of carbonyl (C=O) groups excluding carboxylic acids is 2. The summed E-state index contributed by atoms with van der Waals surface area (Å²) < 4.78 is 14.1. The molecule has 0 fully saturated rings. The fraction of sp³-hybridized carbons (Fsp3) is 0.100. The van der Waals surface area contributed by atoms with Gasteiger partial charge in [0, 0.05) is 29.4 Å². The number of fused-ring (bicyclic) bond motifs is 2. The summed E-state index contributed by atoms with van der Waals surface area (Å²) in [6.45, 7) is 0.432. The second-order valence-electron chi connectivity index (χ2n) is 6.14. The molecule has 4 rings (SSSR count). The third kappa shape index (κ3) is 3.72. The van der Waals surface area contributed by atoms with Crippen molar-refractivity contribution in [3.8, 4) is 0 Å². The van der Waals surface area contributed by atoms with Crippen molar-refractivity contribution >= 4 is 29.3 Å². The van der Waals surface area contributed by atoms with E-state index in [1.165, 1.54) is 30.2 Å². The maximum Gasteiger partial charge on any atom is 0.256 e. The fourth-order valence-electron chi connectivity index (χ4n) is 2.83. The number of hydrogen-bond donors (Lipinski definition) is 2. The lowest BCUT2D eigenvalue weighted by molar-refractivity contribution is 0.0952. The van der Waals surface area contributed by atoms with Gasteiger partial charge in [-0.05, 0) is 42.3 Å². The molecule has 8 heteroatoms. The minimum atomic E-state index is -0.447. The summed E-state index contributed by atoms with van der Waals surface area (Å²) in [7, 11) is 0. The molecule has 140 valence electrons. The SMILES string of the molecule is O=C(NCCc1cncnc1)c1ccc2c(c1)NC(=O)c1cccc(F)c1S2. The van der Waals surface area contributed by atoms with Gasteiger partial charge in [0.15, 0.2) is 0 Å². The zero-order valence-electron chi connectivity index (χ0n) is 14.6. The van der Waals surface area contributed by atoms with Gasteiger partial charge in [-0.15, -0.1) is 0 Å². The highest BCUT2D eigenvalue weighted by Crippen LogP contribution is 2.40. The Hall–Kier alpha value is -3.26. The molecule has 0 spiro atoms. The lowest BCUT2D eigenvalue weighted by Crippen LogP contribution is -2.26. The Morgan fingerprint density at radius 2 is 2.00 bits per heavy atom. The molecule has 2 aromatic carbocycles. The van der Waals surface area contributed by atoms with Crippen molar-refractivity contribution in [1.82, 2.24) is 15.3 Å². The molecular formula is C20H15FN4O2S. The Bertz CT molecular complexity index is 1060. The van der Waals surface area contributed by atoms with Crippen molar-refractivity contribution in [1.29, 1.82) is 0 Å². The number of halogens is 1. The Labute approximate surface area is 164 Å². The second kappa shape index (κ2) is 7.77. The normalized spacial score (nSPS) is 12.4. The number of aromatic nitrogens is 2. The van der Waals surface area contributed by atoms with Crippen LogP contribution in [0.1, 0.15) is 26.3 Å². The first-order chi connectivity index (χ1) is 13.6. The van der Waals surface area contributed by atoms with Crippen molar-refractivity contribution in [2.45, 2.75) is 16.2 Å². The highest BCUT2D eigenvalue weighted by molar-refractivity contribution is 7.99. The molecule has 1 aliphatic heterocycles. The van der Waals surface area contributed by atoms with Crippen molar-refractivity contribution in [3.05, 3.63) is 77.6 Å². The zero-order valence-corrected chi connectivity index (χ0v) is 15.4. The first kappa shape index (κ1) is 18.1. The molecule has 1 aliphatic rings. The first-order valence-electron chi connectivity index (χ1n) is 8.55. The lowest BCUT2D eigenvalue weighted by atomic mass is 10.1. The highest BCUT2D eigenvalue weighted by Gasteiger charge is 2.23. The number of amides is 2. The molecule has 2 heterocycles. The van der Waals surface area contributed by atoms with Crippen molar-refractivity contribution in [2.24, 2.45) is 0 Å². The molecule has 0 unspecified atom stereocenters. The van der Waals surface area contributed by atoms with E-state index in [1.807, 2.05) is 0 Å². The van der Waals surface area contributed by atoms with Crippen molar-refractivity contribution < 1.29 is 14.0 Å². The summed E-state index contributed by atoms with van der Waals surface area (Å²) in [5.74, 6) is -1.11. The molecule has 0 bridgehead atoms. The van der Waals surface area contributed by atoms with Gasteiger partial charge in [0.1, 0.15) is 12.1 Å². The topological polar surface area (TPSA) is 84.0 Å². The predicted octanol–water partition coefficient (Wildman–Crippen LogP) is 3.31. The molecular weight excluding hydrogens is 379 g/mol. The molecule has 28 heavy (non-hydrogen) atoms. The van der Waals surface area contributed by atoms with Gasteiger partial charge >= 0.3 is 0 Å². The smallest absolute Gasteiger partial charge is 0.256 e. The van der Waals surface area contributed by atoms with Crippen LogP contribution in [0.15, 0.2) is 64.9 Å². The van der Waals surface area contributed by atoms with Gasteiger partial charge in [-0.2, -0.15) is 0 Å². The summed E-state index contributed by atoms with van der Waals surface area (Å²) in [5.41, 5.74) is 2.09. The molecule has 1 aromatic heterocycles. The van der Waals surface area contributed by atoms with Crippen molar-refractivity contribution in [2.75, 3.05) is 11.9 Å². The Kier molecular flexibility index (Phi) is 5.03. The van der Waals surface area contributed by atoms with Gasteiger partial charge in [0.25, 0.3) is 11.8 Å². The maximum absolute atomic E-state index is 14.1. The van der Waals surface area contributed by atoms with Gasteiger partial charge in [-0.3, -0.25) is 9.59 Å². The van der Waals surface area contributed by atoms with Gasteiger partial charge in [0.05, 0.1) is 16.1 Å². The Morgan fingerprint density at radius 1 is 1.18 bits per heavy atom. The van der Waals surface area contributed by atoms with E-state index in [-0.39, 0.29) is 16.4 Å². The third-order valence-electron chi connectivity index (χ3n) is 4.23. The van der Waals surface area contributed by atoms with Crippen LogP contribution in [0.4, 0.5) is 10.1 Å². The van der Waals surface area contributed by atoms with Gasteiger partial charge in [-0.25, -0.2) is 14.4 Å². The van der Waals surface area contributed by atoms with Gasteiger partial charge in [0.2, 0.25) is 0 Å². The zero-order chi connectivity index (χ0) is 19.5. The van der Waals surface area contributed by atoms with E-state index in [0.29, 0.717) is 29.1 Å². The number of nitrogens with zero attached hydrogens (tertiary/aromatic N) is 2. The van der Waals surface area contributed by atoms with Crippen LogP contribution < -0.4 is 10.6 Å². The van der Waals surface area contributed by atoms with E-state index in [0.717, 1.165) is 5.56 Å². The van der Waals surface area contributed by atoms with Crippen LogP contribution in [0.25, 0.3) is 0 Å². The van der Waals surface area contributed by atoms with Crippen LogP contribution in [0.5, 0.6) is 0 Å². The van der Waals surface area contributed by atoms with Crippen LogP contribution in [-0.4, -0.2) is 28.3 Å². The minimum Gasteiger partial charge on any atom is -0.352 e. The van der Waals surface area contributed by atoms with E-state index in [1.54, 1.807) is 36.7 Å². The monoisotopic (exact) mass is 394 g/mol. The van der Waals surface area contributed by atoms with E-state index in [9.17, 15) is 14.0 Å². The number of rotatable bonds is 4. The molecule has 0 aliphatic carbocycles. The highest BCUT2D eigenvalue weighted by atomic mass is 32.2. The Balaban J connectivity index is 1.50. The van der Waals surface area contributed by atoms with Crippen molar-refractivity contribution in [3.63, 3.8) is 0 Å². The van der Waals surface area contributed by atoms with Gasteiger partial charge in [-0.1, -0.05) is 17.8 Å². The average Bonchev–Trinajstić information content (AvgIpc) is 2.85. The fourth-order valence-corrected chi connectivity index (χ4v) is 3.84. The van der Waals surface area contributed by atoms with Crippen LogP contribution in [0.2, 0.25) is 0 Å². The molecule has 2 amide bonds. The first-order valence-corrected chi connectivity index (χ1v) is 9.37. The number of benzene rings is 2. The standard InChI is InChI=1S/C20H15FN4O2S/c21-15-3-1-2-14-18(15)28-17-5-4-13(8-16(17)25-20(14)27)19(26)24-7-6-12-9-22-11-23-10-12/h1-5,8-11H,6-7H2,(H,24,26)(H,25,27). The van der Waals surface area contributed by atoms with Crippen LogP contribution in [-0.2, 0) is 6.42 Å². The molecule has 0 radical (unpaired) electrons. The second-order valence-corrected chi connectivity index (χ2v) is 7.19. The van der Waals surface area contributed by atoms with Crippen LogP contribution in [0, 0.1) is 5.82 Å². The third-order valence-corrected chi connectivity index (χ3v) is 5.42. The summed E-state index contributed by atoms with van der Waals surface area (Å²) in [6.07, 6.45) is 5.46.